The number of hydrogen-bond acceptors (Lipinski definition) is 3. The zero-order valence-corrected chi connectivity index (χ0v) is 14.0. The molecule has 0 bridgehead atoms. The fourth-order valence-electron chi connectivity index (χ4n) is 3.65. The van der Waals surface area contributed by atoms with Crippen LogP contribution in [-0.2, 0) is 16.1 Å². The summed E-state index contributed by atoms with van der Waals surface area (Å²) >= 11 is 0. The smallest absolute Gasteiger partial charge is 0.225 e. The van der Waals surface area contributed by atoms with E-state index in [2.05, 4.69) is 29.3 Å². The first kappa shape index (κ1) is 16.5. The van der Waals surface area contributed by atoms with Crippen molar-refractivity contribution in [1.82, 2.24) is 10.2 Å². The van der Waals surface area contributed by atoms with Crippen molar-refractivity contribution in [3.63, 3.8) is 0 Å². The monoisotopic (exact) mass is 316 g/mol. The van der Waals surface area contributed by atoms with Gasteiger partial charge in [0.05, 0.1) is 12.7 Å². The highest BCUT2D eigenvalue weighted by atomic mass is 16.5. The Hall–Kier alpha value is -1.39. The molecule has 1 N–H and O–H groups in total. The highest BCUT2D eigenvalue weighted by molar-refractivity contribution is 5.79. The number of carbonyl (C=O) groups is 1. The van der Waals surface area contributed by atoms with Gasteiger partial charge in [0.15, 0.2) is 0 Å². The third-order valence-electron chi connectivity index (χ3n) is 5.06. The maximum atomic E-state index is 12.6. The number of nitrogens with zero attached hydrogens (tertiary/aromatic N) is 1. The molecule has 4 heteroatoms. The number of rotatable bonds is 4. The molecule has 0 unspecified atom stereocenters. The molecule has 2 saturated heterocycles. The average Bonchev–Trinajstić information content (AvgIpc) is 2.61. The molecule has 0 radical (unpaired) electrons. The van der Waals surface area contributed by atoms with Gasteiger partial charge >= 0.3 is 0 Å². The number of likely N-dealkylation sites (tertiary alicyclic amines) is 1. The summed E-state index contributed by atoms with van der Waals surface area (Å²) in [4.78, 5) is 14.7. The Morgan fingerprint density at radius 2 is 1.96 bits per heavy atom. The summed E-state index contributed by atoms with van der Waals surface area (Å²) in [6, 6.07) is 10.8. The van der Waals surface area contributed by atoms with E-state index in [1.807, 2.05) is 18.2 Å². The van der Waals surface area contributed by atoms with Gasteiger partial charge in [-0.15, -0.1) is 0 Å². The zero-order valence-electron chi connectivity index (χ0n) is 14.0. The van der Waals surface area contributed by atoms with Gasteiger partial charge in [-0.3, -0.25) is 4.79 Å². The highest BCUT2D eigenvalue weighted by Crippen LogP contribution is 2.22. The predicted molar refractivity (Wildman–Crippen MR) is 91.0 cm³/mol. The Kier molecular flexibility index (Phi) is 5.68. The van der Waals surface area contributed by atoms with Gasteiger partial charge in [0.2, 0.25) is 5.91 Å². The lowest BCUT2D eigenvalue weighted by molar-refractivity contribution is -0.139. The fourth-order valence-corrected chi connectivity index (χ4v) is 3.65. The topological polar surface area (TPSA) is 41.6 Å². The second-order valence-corrected chi connectivity index (χ2v) is 6.90. The molecule has 23 heavy (non-hydrogen) atoms. The van der Waals surface area contributed by atoms with Crippen LogP contribution in [0.15, 0.2) is 30.3 Å². The molecule has 4 nitrogen and oxygen atoms in total. The molecule has 0 aromatic heterocycles. The molecular formula is C19H28N2O2. The molecule has 2 heterocycles. The summed E-state index contributed by atoms with van der Waals surface area (Å²) in [6.45, 7) is 5.50. The molecule has 0 aliphatic carbocycles. The summed E-state index contributed by atoms with van der Waals surface area (Å²) < 4.78 is 6.01. The molecule has 2 aliphatic heterocycles. The minimum absolute atomic E-state index is 0.216. The minimum atomic E-state index is 0.216. The van der Waals surface area contributed by atoms with Crippen molar-refractivity contribution >= 4 is 5.91 Å². The van der Waals surface area contributed by atoms with Crippen LogP contribution in [0, 0.1) is 5.92 Å². The Bertz CT molecular complexity index is 497. The third-order valence-corrected chi connectivity index (χ3v) is 5.06. The molecule has 1 aromatic carbocycles. The van der Waals surface area contributed by atoms with Crippen molar-refractivity contribution < 1.29 is 9.53 Å². The zero-order chi connectivity index (χ0) is 16.1. The quantitative estimate of drug-likeness (QED) is 0.928. The highest BCUT2D eigenvalue weighted by Gasteiger charge is 2.31. The first-order chi connectivity index (χ1) is 11.2. The van der Waals surface area contributed by atoms with E-state index in [-0.39, 0.29) is 12.0 Å². The van der Waals surface area contributed by atoms with Crippen LogP contribution >= 0.6 is 0 Å². The third kappa shape index (κ3) is 4.55. The van der Waals surface area contributed by atoms with Gasteiger partial charge in [-0.25, -0.2) is 0 Å². The largest absolute Gasteiger partial charge is 0.373 e. The molecule has 1 aromatic rings. The van der Waals surface area contributed by atoms with Crippen LogP contribution in [0.4, 0.5) is 0 Å². The number of carbonyl (C=O) groups excluding carboxylic acids is 1. The SMILES string of the molecule is C[C@H]1C[C@@H](C(=O)N2CCC(OCc3ccccc3)CC2)CCN1. The molecule has 126 valence electrons. The van der Waals surface area contributed by atoms with E-state index in [1.165, 1.54) is 5.56 Å². The van der Waals surface area contributed by atoms with Crippen molar-refractivity contribution in [2.45, 2.75) is 51.4 Å². The van der Waals surface area contributed by atoms with Crippen molar-refractivity contribution in [2.75, 3.05) is 19.6 Å². The van der Waals surface area contributed by atoms with Crippen molar-refractivity contribution in [3.8, 4) is 0 Å². The average molecular weight is 316 g/mol. The van der Waals surface area contributed by atoms with Gasteiger partial charge in [0, 0.05) is 25.0 Å². The van der Waals surface area contributed by atoms with E-state index < -0.39 is 0 Å². The number of hydrogen-bond donors (Lipinski definition) is 1. The van der Waals surface area contributed by atoms with Gasteiger partial charge in [-0.1, -0.05) is 30.3 Å². The van der Waals surface area contributed by atoms with Crippen LogP contribution in [0.5, 0.6) is 0 Å². The molecule has 2 atom stereocenters. The maximum absolute atomic E-state index is 12.6. The Morgan fingerprint density at radius 3 is 2.65 bits per heavy atom. The first-order valence-electron chi connectivity index (χ1n) is 8.90. The molecule has 0 saturated carbocycles. The van der Waals surface area contributed by atoms with Crippen molar-refractivity contribution in [3.05, 3.63) is 35.9 Å². The van der Waals surface area contributed by atoms with E-state index in [4.69, 9.17) is 4.74 Å². The van der Waals surface area contributed by atoms with Crippen LogP contribution in [0.1, 0.15) is 38.2 Å². The first-order valence-corrected chi connectivity index (χ1v) is 8.90. The molecular weight excluding hydrogens is 288 g/mol. The van der Waals surface area contributed by atoms with Crippen LogP contribution in [0.25, 0.3) is 0 Å². The van der Waals surface area contributed by atoms with Gasteiger partial charge in [0.1, 0.15) is 0 Å². The lowest BCUT2D eigenvalue weighted by Gasteiger charge is -2.36. The van der Waals surface area contributed by atoms with Gasteiger partial charge in [-0.05, 0) is 44.7 Å². The van der Waals surface area contributed by atoms with Crippen LogP contribution in [0.2, 0.25) is 0 Å². The number of nitrogens with one attached hydrogen (secondary N) is 1. The molecule has 3 rings (SSSR count). The molecule has 2 aliphatic rings. The second-order valence-electron chi connectivity index (χ2n) is 6.90. The number of ether oxygens (including phenoxy) is 1. The van der Waals surface area contributed by atoms with Gasteiger partial charge in [-0.2, -0.15) is 0 Å². The Labute approximate surface area is 139 Å². The van der Waals surface area contributed by atoms with Crippen LogP contribution in [0.3, 0.4) is 0 Å². The predicted octanol–water partition coefficient (Wildman–Crippen LogP) is 2.58. The Morgan fingerprint density at radius 1 is 1.22 bits per heavy atom. The maximum Gasteiger partial charge on any atom is 0.225 e. The molecule has 2 fully saturated rings. The number of benzene rings is 1. The normalized spacial score (nSPS) is 26.2. The minimum Gasteiger partial charge on any atom is -0.373 e. The van der Waals surface area contributed by atoms with Crippen LogP contribution in [-0.4, -0.2) is 42.6 Å². The van der Waals surface area contributed by atoms with Crippen molar-refractivity contribution in [1.29, 1.82) is 0 Å². The van der Waals surface area contributed by atoms with E-state index in [0.717, 1.165) is 45.3 Å². The van der Waals surface area contributed by atoms with E-state index in [0.29, 0.717) is 18.6 Å². The molecule has 1 amide bonds. The van der Waals surface area contributed by atoms with Gasteiger partial charge in [0.25, 0.3) is 0 Å². The van der Waals surface area contributed by atoms with Crippen LogP contribution < -0.4 is 5.32 Å². The van der Waals surface area contributed by atoms with E-state index >= 15 is 0 Å². The summed E-state index contributed by atoms with van der Waals surface area (Å²) in [5, 5.41) is 3.42. The van der Waals surface area contributed by atoms with E-state index in [9.17, 15) is 4.79 Å². The standard InChI is InChI=1S/C19H28N2O2/c1-15-13-17(7-10-20-15)19(22)21-11-8-18(9-12-21)23-14-16-5-3-2-4-6-16/h2-6,15,17-18,20H,7-14H2,1H3/t15-,17-/m0/s1. The van der Waals surface area contributed by atoms with Crippen molar-refractivity contribution in [2.24, 2.45) is 5.92 Å². The molecule has 0 spiro atoms. The second kappa shape index (κ2) is 7.93. The summed E-state index contributed by atoms with van der Waals surface area (Å²) in [7, 11) is 0. The summed E-state index contributed by atoms with van der Waals surface area (Å²) in [5.41, 5.74) is 1.22. The summed E-state index contributed by atoms with van der Waals surface area (Å²) in [5.74, 6) is 0.577. The number of amides is 1. The summed E-state index contributed by atoms with van der Waals surface area (Å²) in [6.07, 6.45) is 4.15. The fraction of sp³-hybridized carbons (Fsp3) is 0.632. The lowest BCUT2D eigenvalue weighted by Crippen LogP contribution is -2.47. The van der Waals surface area contributed by atoms with E-state index in [1.54, 1.807) is 0 Å². The van der Waals surface area contributed by atoms with Gasteiger partial charge < -0.3 is 15.0 Å². The number of piperidine rings is 2. The lowest BCUT2D eigenvalue weighted by atomic mass is 9.91. The Balaban J connectivity index is 1.42.